The molecular weight excluding hydrogens is 347 g/mol. The van der Waals surface area contributed by atoms with Crippen LogP contribution in [0.25, 0.3) is 11.1 Å². The largest absolute Gasteiger partial charge is 0.493 e. The minimum absolute atomic E-state index is 0.195. The van der Waals surface area contributed by atoms with Crippen molar-refractivity contribution in [2.24, 2.45) is 7.05 Å². The smallest absolute Gasteiger partial charge is 0.262 e. The monoisotopic (exact) mass is 366 g/mol. The van der Waals surface area contributed by atoms with Crippen molar-refractivity contribution in [3.63, 3.8) is 0 Å². The summed E-state index contributed by atoms with van der Waals surface area (Å²) in [6, 6.07) is 6.66. The van der Waals surface area contributed by atoms with Crippen molar-refractivity contribution in [3.8, 4) is 16.9 Å². The van der Waals surface area contributed by atoms with Crippen LogP contribution in [0.3, 0.4) is 0 Å². The van der Waals surface area contributed by atoms with Gasteiger partial charge in [-0.05, 0) is 31.0 Å². The minimum atomic E-state index is -0.288. The Morgan fingerprint density at radius 3 is 3.00 bits per heavy atom. The number of rotatable bonds is 4. The molecule has 3 aromatic rings. The van der Waals surface area contributed by atoms with Crippen LogP contribution in [0.5, 0.6) is 5.75 Å². The fourth-order valence-electron chi connectivity index (χ4n) is 3.27. The molecule has 27 heavy (non-hydrogen) atoms. The van der Waals surface area contributed by atoms with Gasteiger partial charge in [-0.2, -0.15) is 0 Å². The van der Waals surface area contributed by atoms with Crippen molar-refractivity contribution in [2.75, 3.05) is 11.9 Å². The Kier molecular flexibility index (Phi) is 4.58. The van der Waals surface area contributed by atoms with Crippen molar-refractivity contribution in [2.45, 2.75) is 19.4 Å². The van der Waals surface area contributed by atoms with Gasteiger partial charge in [0.1, 0.15) is 11.6 Å². The van der Waals surface area contributed by atoms with E-state index >= 15 is 0 Å². The van der Waals surface area contributed by atoms with Gasteiger partial charge < -0.3 is 10.1 Å². The number of ether oxygens (including phenoxy) is 1. The van der Waals surface area contributed by atoms with Crippen molar-refractivity contribution < 1.29 is 9.13 Å². The number of nitrogens with one attached hydrogen (secondary N) is 1. The highest BCUT2D eigenvalue weighted by molar-refractivity contribution is 5.60. The van der Waals surface area contributed by atoms with E-state index in [1.54, 1.807) is 31.6 Å². The van der Waals surface area contributed by atoms with Crippen LogP contribution < -0.4 is 15.6 Å². The van der Waals surface area contributed by atoms with E-state index in [0.29, 0.717) is 29.2 Å². The van der Waals surface area contributed by atoms with E-state index in [1.807, 2.05) is 6.07 Å². The maximum atomic E-state index is 14.4. The van der Waals surface area contributed by atoms with Gasteiger partial charge in [-0.25, -0.2) is 9.37 Å². The van der Waals surface area contributed by atoms with Gasteiger partial charge in [-0.15, -0.1) is 0 Å². The number of hydrogen-bond donors (Lipinski definition) is 1. The summed E-state index contributed by atoms with van der Waals surface area (Å²) in [6.07, 6.45) is 6.42. The van der Waals surface area contributed by atoms with Gasteiger partial charge in [0.05, 0.1) is 12.2 Å². The molecule has 138 valence electrons. The molecule has 3 heterocycles. The number of fused-ring (bicyclic) bond motifs is 1. The highest BCUT2D eigenvalue weighted by Crippen LogP contribution is 2.30. The third kappa shape index (κ3) is 3.28. The lowest BCUT2D eigenvalue weighted by Gasteiger charge is -2.21. The van der Waals surface area contributed by atoms with E-state index in [-0.39, 0.29) is 17.9 Å². The van der Waals surface area contributed by atoms with Crippen LogP contribution in [0.1, 0.15) is 17.5 Å². The quantitative estimate of drug-likeness (QED) is 0.769. The van der Waals surface area contributed by atoms with Crippen LogP contribution in [0.4, 0.5) is 10.3 Å². The van der Waals surface area contributed by atoms with Crippen molar-refractivity contribution >= 4 is 5.95 Å². The van der Waals surface area contributed by atoms with Crippen molar-refractivity contribution in [1.29, 1.82) is 0 Å². The molecule has 0 bridgehead atoms. The standard InChI is InChI=1S/C20H19FN4O2/c1-25-19(26)15(13-4-2-8-22-10-13)11-23-20(25)24-12-16-14-5-3-9-27-18(14)7-6-17(16)21/h2,4,6-8,10-11H,3,5,9,12H2,1H3,(H,23,24). The third-order valence-electron chi connectivity index (χ3n) is 4.72. The molecule has 6 nitrogen and oxygen atoms in total. The Morgan fingerprint density at radius 2 is 2.19 bits per heavy atom. The zero-order valence-corrected chi connectivity index (χ0v) is 14.9. The summed E-state index contributed by atoms with van der Waals surface area (Å²) >= 11 is 0. The fraction of sp³-hybridized carbons (Fsp3) is 0.250. The zero-order chi connectivity index (χ0) is 18.8. The predicted octanol–water partition coefficient (Wildman–Crippen LogP) is 2.92. The molecule has 1 aliphatic heterocycles. The number of nitrogens with zero attached hydrogens (tertiary/aromatic N) is 3. The average Bonchev–Trinajstić information content (AvgIpc) is 2.71. The van der Waals surface area contributed by atoms with Gasteiger partial charge >= 0.3 is 0 Å². The van der Waals surface area contributed by atoms with Crippen molar-refractivity contribution in [1.82, 2.24) is 14.5 Å². The van der Waals surface area contributed by atoms with Gasteiger partial charge in [0.2, 0.25) is 5.95 Å². The molecular formula is C20H19FN4O2. The lowest BCUT2D eigenvalue weighted by molar-refractivity contribution is 0.286. The molecule has 1 aliphatic rings. The van der Waals surface area contributed by atoms with Crippen LogP contribution in [-0.2, 0) is 20.0 Å². The summed E-state index contributed by atoms with van der Waals surface area (Å²) in [7, 11) is 1.64. The Balaban J connectivity index is 1.62. The molecule has 1 aromatic carbocycles. The normalized spacial score (nSPS) is 13.0. The Hall–Kier alpha value is -3.22. The van der Waals surface area contributed by atoms with Gasteiger partial charge in [0.25, 0.3) is 5.56 Å². The number of benzene rings is 1. The van der Waals surface area contributed by atoms with Crippen LogP contribution in [0, 0.1) is 5.82 Å². The maximum Gasteiger partial charge on any atom is 0.262 e. The first kappa shape index (κ1) is 17.2. The topological polar surface area (TPSA) is 69.0 Å². The molecule has 1 N–H and O–H groups in total. The first-order valence-corrected chi connectivity index (χ1v) is 8.78. The molecule has 0 atom stereocenters. The summed E-state index contributed by atoms with van der Waals surface area (Å²) < 4.78 is 21.4. The predicted molar refractivity (Wildman–Crippen MR) is 100 cm³/mol. The molecule has 0 radical (unpaired) electrons. The van der Waals surface area contributed by atoms with Crippen LogP contribution in [0.15, 0.2) is 47.7 Å². The average molecular weight is 366 g/mol. The molecule has 0 amide bonds. The lowest BCUT2D eigenvalue weighted by atomic mass is 9.99. The molecule has 0 spiro atoms. The first-order valence-electron chi connectivity index (χ1n) is 8.78. The third-order valence-corrected chi connectivity index (χ3v) is 4.72. The second kappa shape index (κ2) is 7.19. The zero-order valence-electron chi connectivity index (χ0n) is 14.9. The number of halogens is 1. The summed E-state index contributed by atoms with van der Waals surface area (Å²) in [4.78, 5) is 21.0. The summed E-state index contributed by atoms with van der Waals surface area (Å²) in [5.74, 6) is 0.818. The molecule has 0 fully saturated rings. The molecule has 0 unspecified atom stereocenters. The van der Waals surface area contributed by atoms with Crippen LogP contribution in [0.2, 0.25) is 0 Å². The SMILES string of the molecule is Cn1c(NCc2c(F)ccc3c2CCCO3)ncc(-c2cccnc2)c1=O. The number of pyridine rings is 1. The Labute approximate surface area is 155 Å². The van der Waals surface area contributed by atoms with E-state index in [9.17, 15) is 9.18 Å². The molecule has 4 rings (SSSR count). The molecule has 0 saturated heterocycles. The summed E-state index contributed by atoms with van der Waals surface area (Å²) in [5, 5.41) is 3.08. The molecule has 2 aromatic heterocycles. The summed E-state index contributed by atoms with van der Waals surface area (Å²) in [6.45, 7) is 0.877. The lowest BCUT2D eigenvalue weighted by Crippen LogP contribution is -2.24. The van der Waals surface area contributed by atoms with E-state index < -0.39 is 0 Å². The number of anilines is 1. The Morgan fingerprint density at radius 1 is 1.30 bits per heavy atom. The molecule has 7 heteroatoms. The van der Waals surface area contributed by atoms with E-state index in [4.69, 9.17) is 4.74 Å². The van der Waals surface area contributed by atoms with Crippen LogP contribution in [-0.4, -0.2) is 21.1 Å². The second-order valence-electron chi connectivity index (χ2n) is 6.41. The van der Waals surface area contributed by atoms with Crippen LogP contribution >= 0.6 is 0 Å². The van der Waals surface area contributed by atoms with Gasteiger partial charge in [0, 0.05) is 48.9 Å². The van der Waals surface area contributed by atoms with E-state index in [1.165, 1.54) is 16.8 Å². The number of hydrogen-bond acceptors (Lipinski definition) is 5. The maximum absolute atomic E-state index is 14.4. The first-order chi connectivity index (χ1) is 13.1. The number of aromatic nitrogens is 3. The molecule has 0 saturated carbocycles. The van der Waals surface area contributed by atoms with Gasteiger partial charge in [-0.1, -0.05) is 6.07 Å². The summed E-state index contributed by atoms with van der Waals surface area (Å²) in [5.41, 5.74) is 2.41. The second-order valence-corrected chi connectivity index (χ2v) is 6.41. The Bertz CT molecular complexity index is 1030. The highest BCUT2D eigenvalue weighted by atomic mass is 19.1. The fourth-order valence-corrected chi connectivity index (χ4v) is 3.27. The van der Waals surface area contributed by atoms with Crippen molar-refractivity contribution in [3.05, 3.63) is 70.2 Å². The molecule has 0 aliphatic carbocycles. The van der Waals surface area contributed by atoms with Gasteiger partial charge in [0.15, 0.2) is 0 Å². The van der Waals surface area contributed by atoms with Gasteiger partial charge in [-0.3, -0.25) is 14.3 Å². The minimum Gasteiger partial charge on any atom is -0.493 e. The highest BCUT2D eigenvalue weighted by Gasteiger charge is 2.18. The van der Waals surface area contributed by atoms with E-state index in [2.05, 4.69) is 15.3 Å². The van der Waals surface area contributed by atoms with E-state index in [0.717, 1.165) is 24.2 Å².